The standard InChI is InChI=1S/C13H22N2O4S2/c1-13(2,6-11(17)18)5-10(16)15-12(19)14-7-9-8-20-3-4-21-9/h9H,3-8H2,1-2H3,(H,17,18)(H2,14,15,16,19). The molecule has 0 aromatic rings. The number of amides is 3. The van der Waals surface area contributed by atoms with E-state index in [1.54, 1.807) is 13.8 Å². The second-order valence-electron chi connectivity index (χ2n) is 5.74. The number of rotatable bonds is 6. The normalized spacial score (nSPS) is 18.9. The number of aliphatic carboxylic acids is 1. The van der Waals surface area contributed by atoms with Crippen molar-refractivity contribution in [1.29, 1.82) is 0 Å². The highest BCUT2D eigenvalue weighted by Crippen LogP contribution is 2.25. The van der Waals surface area contributed by atoms with Crippen molar-refractivity contribution in [2.24, 2.45) is 5.41 Å². The van der Waals surface area contributed by atoms with Crippen LogP contribution < -0.4 is 10.6 Å². The fourth-order valence-electron chi connectivity index (χ4n) is 1.98. The van der Waals surface area contributed by atoms with Gasteiger partial charge < -0.3 is 10.4 Å². The molecule has 0 aromatic carbocycles. The van der Waals surface area contributed by atoms with Crippen LogP contribution >= 0.6 is 23.5 Å². The van der Waals surface area contributed by atoms with E-state index in [1.807, 2.05) is 23.5 Å². The van der Waals surface area contributed by atoms with Crippen LogP contribution in [0.1, 0.15) is 26.7 Å². The van der Waals surface area contributed by atoms with Gasteiger partial charge in [-0.05, 0) is 5.41 Å². The Labute approximate surface area is 133 Å². The molecule has 1 unspecified atom stereocenters. The number of carboxylic acids is 1. The minimum atomic E-state index is -0.955. The summed E-state index contributed by atoms with van der Waals surface area (Å²) in [6.45, 7) is 3.91. The molecule has 0 aromatic heterocycles. The zero-order chi connectivity index (χ0) is 15.9. The summed E-state index contributed by atoms with van der Waals surface area (Å²) in [6, 6.07) is -0.512. The largest absolute Gasteiger partial charge is 0.481 e. The fourth-order valence-corrected chi connectivity index (χ4v) is 4.59. The number of hydrogen-bond acceptors (Lipinski definition) is 5. The summed E-state index contributed by atoms with van der Waals surface area (Å²) in [5.74, 6) is 1.82. The molecule has 0 bridgehead atoms. The number of hydrogen-bond donors (Lipinski definition) is 3. The van der Waals surface area contributed by atoms with Gasteiger partial charge in [-0.25, -0.2) is 4.79 Å². The molecule has 1 saturated heterocycles. The van der Waals surface area contributed by atoms with E-state index in [0.29, 0.717) is 11.8 Å². The summed E-state index contributed by atoms with van der Waals surface area (Å²) < 4.78 is 0. The van der Waals surface area contributed by atoms with E-state index >= 15 is 0 Å². The van der Waals surface area contributed by atoms with E-state index in [2.05, 4.69) is 10.6 Å². The Kier molecular flexibility index (Phi) is 7.37. The van der Waals surface area contributed by atoms with Gasteiger partial charge in [0.2, 0.25) is 5.91 Å². The van der Waals surface area contributed by atoms with Gasteiger partial charge in [0.25, 0.3) is 0 Å². The van der Waals surface area contributed by atoms with Crippen LogP contribution in [0.25, 0.3) is 0 Å². The first kappa shape index (κ1) is 18.2. The number of thioether (sulfide) groups is 2. The molecule has 3 amide bonds. The van der Waals surface area contributed by atoms with Crippen LogP contribution in [0, 0.1) is 5.41 Å². The zero-order valence-corrected chi connectivity index (χ0v) is 13.9. The first-order chi connectivity index (χ1) is 9.78. The van der Waals surface area contributed by atoms with Crippen LogP contribution in [-0.4, -0.2) is 52.1 Å². The molecule has 0 spiro atoms. The van der Waals surface area contributed by atoms with Gasteiger partial charge in [-0.3, -0.25) is 14.9 Å². The first-order valence-electron chi connectivity index (χ1n) is 6.77. The summed E-state index contributed by atoms with van der Waals surface area (Å²) >= 11 is 3.69. The molecule has 0 saturated carbocycles. The average molecular weight is 334 g/mol. The third-order valence-corrected chi connectivity index (χ3v) is 5.74. The van der Waals surface area contributed by atoms with E-state index in [1.165, 1.54) is 0 Å². The van der Waals surface area contributed by atoms with Gasteiger partial charge in [-0.2, -0.15) is 23.5 Å². The molecule has 21 heavy (non-hydrogen) atoms. The fraction of sp³-hybridized carbons (Fsp3) is 0.769. The number of imide groups is 1. The first-order valence-corrected chi connectivity index (χ1v) is 8.98. The Morgan fingerprint density at radius 1 is 1.24 bits per heavy atom. The number of urea groups is 1. The van der Waals surface area contributed by atoms with Gasteiger partial charge >= 0.3 is 12.0 Å². The van der Waals surface area contributed by atoms with Crippen molar-refractivity contribution in [3.63, 3.8) is 0 Å². The van der Waals surface area contributed by atoms with Gasteiger partial charge in [0.1, 0.15) is 0 Å². The number of carbonyl (C=O) groups is 3. The second-order valence-corrected chi connectivity index (χ2v) is 8.30. The number of nitrogens with one attached hydrogen (secondary N) is 2. The van der Waals surface area contributed by atoms with Crippen LogP contribution in [0.15, 0.2) is 0 Å². The Balaban J connectivity index is 2.26. The van der Waals surface area contributed by atoms with E-state index < -0.39 is 23.3 Å². The molecule has 1 aliphatic heterocycles. The molecule has 6 nitrogen and oxygen atoms in total. The van der Waals surface area contributed by atoms with Gasteiger partial charge in [-0.1, -0.05) is 13.8 Å². The van der Waals surface area contributed by atoms with Gasteiger partial charge in [0.05, 0.1) is 6.42 Å². The van der Waals surface area contributed by atoms with Crippen LogP contribution in [0.2, 0.25) is 0 Å². The van der Waals surface area contributed by atoms with Crippen LogP contribution in [-0.2, 0) is 9.59 Å². The topological polar surface area (TPSA) is 95.5 Å². The molecule has 1 rings (SSSR count). The molecule has 0 aliphatic carbocycles. The lowest BCUT2D eigenvalue weighted by molar-refractivity contribution is -0.139. The maximum atomic E-state index is 11.7. The van der Waals surface area contributed by atoms with Crippen LogP contribution in [0.5, 0.6) is 0 Å². The molecule has 1 atom stereocenters. The highest BCUT2D eigenvalue weighted by atomic mass is 32.2. The summed E-state index contributed by atoms with van der Waals surface area (Å²) in [5.41, 5.74) is -0.675. The average Bonchev–Trinajstić information content (AvgIpc) is 2.35. The van der Waals surface area contributed by atoms with Crippen molar-refractivity contribution in [2.45, 2.75) is 31.9 Å². The third-order valence-electron chi connectivity index (χ3n) is 2.90. The lowest BCUT2D eigenvalue weighted by Crippen LogP contribution is -2.44. The maximum Gasteiger partial charge on any atom is 0.321 e. The van der Waals surface area contributed by atoms with Gasteiger partial charge in [0.15, 0.2) is 0 Å². The Morgan fingerprint density at radius 3 is 2.52 bits per heavy atom. The maximum absolute atomic E-state index is 11.7. The van der Waals surface area contributed by atoms with E-state index in [9.17, 15) is 14.4 Å². The lowest BCUT2D eigenvalue weighted by atomic mass is 9.85. The number of carbonyl (C=O) groups excluding carboxylic acids is 2. The molecule has 1 heterocycles. The van der Waals surface area contributed by atoms with Crippen LogP contribution in [0.3, 0.4) is 0 Å². The van der Waals surface area contributed by atoms with Crippen molar-refractivity contribution in [1.82, 2.24) is 10.6 Å². The van der Waals surface area contributed by atoms with Crippen molar-refractivity contribution in [2.75, 3.05) is 23.8 Å². The molecule has 8 heteroatoms. The third kappa shape index (κ3) is 8.21. The lowest BCUT2D eigenvalue weighted by Gasteiger charge is -2.22. The molecule has 120 valence electrons. The molecule has 0 radical (unpaired) electrons. The summed E-state index contributed by atoms with van der Waals surface area (Å²) in [5, 5.41) is 14.1. The van der Waals surface area contributed by atoms with E-state index in [-0.39, 0.29) is 12.8 Å². The van der Waals surface area contributed by atoms with Crippen molar-refractivity contribution < 1.29 is 19.5 Å². The van der Waals surface area contributed by atoms with Gasteiger partial charge in [-0.15, -0.1) is 0 Å². The van der Waals surface area contributed by atoms with Crippen molar-refractivity contribution in [3.05, 3.63) is 0 Å². The monoisotopic (exact) mass is 334 g/mol. The van der Waals surface area contributed by atoms with Gasteiger partial charge in [0, 0.05) is 35.5 Å². The van der Waals surface area contributed by atoms with Crippen molar-refractivity contribution >= 4 is 41.4 Å². The summed E-state index contributed by atoms with van der Waals surface area (Å²) in [4.78, 5) is 34.0. The minimum absolute atomic E-state index is 0.000744. The quantitative estimate of drug-likeness (QED) is 0.682. The van der Waals surface area contributed by atoms with E-state index in [0.717, 1.165) is 17.3 Å². The van der Waals surface area contributed by atoms with Crippen molar-refractivity contribution in [3.8, 4) is 0 Å². The highest BCUT2D eigenvalue weighted by molar-refractivity contribution is 8.06. The molecule has 1 fully saturated rings. The minimum Gasteiger partial charge on any atom is -0.481 e. The smallest absolute Gasteiger partial charge is 0.321 e. The molecular formula is C13H22N2O4S2. The Hall–Kier alpha value is -0.890. The van der Waals surface area contributed by atoms with E-state index in [4.69, 9.17) is 5.11 Å². The SMILES string of the molecule is CC(C)(CC(=O)O)CC(=O)NC(=O)NCC1CSCCS1. The predicted octanol–water partition coefficient (Wildman–Crippen LogP) is 1.55. The highest BCUT2D eigenvalue weighted by Gasteiger charge is 2.26. The molecular weight excluding hydrogens is 312 g/mol. The molecule has 3 N–H and O–H groups in total. The summed E-state index contributed by atoms with van der Waals surface area (Å²) in [6.07, 6.45) is -0.112. The predicted molar refractivity (Wildman–Crippen MR) is 85.8 cm³/mol. The zero-order valence-electron chi connectivity index (χ0n) is 12.3. The molecule has 1 aliphatic rings. The summed E-state index contributed by atoms with van der Waals surface area (Å²) in [7, 11) is 0. The number of carboxylic acid groups (broad SMARTS) is 1. The Bertz CT molecular complexity index is 396. The Morgan fingerprint density at radius 2 is 1.95 bits per heavy atom. The second kappa shape index (κ2) is 8.53. The van der Waals surface area contributed by atoms with Crippen LogP contribution in [0.4, 0.5) is 4.79 Å².